The lowest BCUT2D eigenvalue weighted by Gasteiger charge is -2.12. The first-order chi connectivity index (χ1) is 17.0. The van der Waals surface area contributed by atoms with Crippen molar-refractivity contribution >= 4 is 16.9 Å². The van der Waals surface area contributed by atoms with Crippen molar-refractivity contribution in [3.05, 3.63) is 54.4 Å². The molecule has 1 N–H and O–H groups in total. The number of pyridine rings is 1. The molecule has 0 unspecified atom stereocenters. The quantitative estimate of drug-likeness (QED) is 0.382. The SMILES string of the molecule is O=C(O)c1ccnc(Oc2cc(-c3ccc(OC(F)F)c4nn(C5CC5)cc34)cc3c2OCO3)c1. The molecule has 3 heterocycles. The molecular formula is C24H17F2N3O6. The maximum absolute atomic E-state index is 13.0. The Hall–Kier alpha value is -4.41. The highest BCUT2D eigenvalue weighted by molar-refractivity contribution is 5.98. The number of carbonyl (C=O) groups is 1. The van der Waals surface area contributed by atoms with Crippen molar-refractivity contribution in [1.82, 2.24) is 14.8 Å². The number of fused-ring (bicyclic) bond motifs is 2. The molecule has 9 nitrogen and oxygen atoms in total. The van der Waals surface area contributed by atoms with Gasteiger partial charge in [0.25, 0.3) is 0 Å². The topological polar surface area (TPSA) is 105 Å². The number of aromatic carboxylic acids is 1. The summed E-state index contributed by atoms with van der Waals surface area (Å²) in [7, 11) is 0. The molecule has 11 heteroatoms. The van der Waals surface area contributed by atoms with Crippen LogP contribution in [-0.4, -0.2) is 39.2 Å². The van der Waals surface area contributed by atoms with Gasteiger partial charge in [-0.1, -0.05) is 0 Å². The molecular weight excluding hydrogens is 464 g/mol. The van der Waals surface area contributed by atoms with Crippen molar-refractivity contribution in [3.8, 4) is 40.0 Å². The van der Waals surface area contributed by atoms with E-state index in [0.717, 1.165) is 12.8 Å². The smallest absolute Gasteiger partial charge is 0.387 e. The molecule has 0 radical (unpaired) electrons. The van der Waals surface area contributed by atoms with Gasteiger partial charge in [-0.15, -0.1) is 0 Å². The second-order valence-electron chi connectivity index (χ2n) is 8.09. The van der Waals surface area contributed by atoms with Crippen LogP contribution in [0.1, 0.15) is 29.2 Å². The van der Waals surface area contributed by atoms with Crippen LogP contribution in [0.15, 0.2) is 48.8 Å². The standard InChI is InChI=1S/C24H17F2N3O6/c25-24(26)35-17-4-3-15(16-10-29(14-1-2-14)28-21(16)17)13-7-18-22(33-11-32-18)19(8-13)34-20-9-12(23(30)31)5-6-27-20/h3-10,14,24H,1-2,11H2,(H,30,31). The van der Waals surface area contributed by atoms with E-state index in [9.17, 15) is 18.7 Å². The van der Waals surface area contributed by atoms with Gasteiger partial charge >= 0.3 is 12.6 Å². The fraction of sp³-hybridized carbons (Fsp3) is 0.208. The van der Waals surface area contributed by atoms with Crippen molar-refractivity contribution in [2.45, 2.75) is 25.5 Å². The zero-order valence-electron chi connectivity index (χ0n) is 18.0. The zero-order chi connectivity index (χ0) is 24.1. The van der Waals surface area contributed by atoms with Crippen LogP contribution in [0, 0.1) is 0 Å². The highest BCUT2D eigenvalue weighted by Gasteiger charge is 2.28. The molecule has 0 atom stereocenters. The monoisotopic (exact) mass is 481 g/mol. The number of carboxylic acid groups (broad SMARTS) is 1. The largest absolute Gasteiger partial charge is 0.478 e. The maximum atomic E-state index is 13.0. The molecule has 35 heavy (non-hydrogen) atoms. The zero-order valence-corrected chi connectivity index (χ0v) is 18.0. The lowest BCUT2D eigenvalue weighted by Crippen LogP contribution is -2.03. The Morgan fingerprint density at radius 2 is 2.00 bits per heavy atom. The normalized spacial score (nSPS) is 14.5. The number of hydrogen-bond donors (Lipinski definition) is 1. The molecule has 178 valence electrons. The second-order valence-corrected chi connectivity index (χ2v) is 8.09. The van der Waals surface area contributed by atoms with Gasteiger partial charge in [-0.05, 0) is 54.3 Å². The van der Waals surface area contributed by atoms with Gasteiger partial charge in [0.2, 0.25) is 18.4 Å². The summed E-state index contributed by atoms with van der Waals surface area (Å²) < 4.78 is 49.5. The summed E-state index contributed by atoms with van der Waals surface area (Å²) in [6.45, 7) is -3.00. The Bertz CT molecular complexity index is 1470. The van der Waals surface area contributed by atoms with Gasteiger partial charge < -0.3 is 24.1 Å². The van der Waals surface area contributed by atoms with E-state index in [1.807, 2.05) is 6.20 Å². The van der Waals surface area contributed by atoms with Crippen molar-refractivity contribution in [3.63, 3.8) is 0 Å². The number of halogens is 2. The van der Waals surface area contributed by atoms with Gasteiger partial charge in [0.15, 0.2) is 17.2 Å². The fourth-order valence-corrected chi connectivity index (χ4v) is 3.99. The number of rotatable bonds is 7. The summed E-state index contributed by atoms with van der Waals surface area (Å²) in [6.07, 6.45) is 5.10. The van der Waals surface area contributed by atoms with Crippen molar-refractivity contribution in [2.75, 3.05) is 6.79 Å². The van der Waals surface area contributed by atoms with Crippen LogP contribution >= 0.6 is 0 Å². The Kier molecular flexibility index (Phi) is 4.90. The molecule has 0 saturated heterocycles. The summed E-state index contributed by atoms with van der Waals surface area (Å²) >= 11 is 0. The van der Waals surface area contributed by atoms with Crippen LogP contribution in [0.4, 0.5) is 8.78 Å². The predicted molar refractivity (Wildman–Crippen MR) is 117 cm³/mol. The number of benzene rings is 2. The van der Waals surface area contributed by atoms with Crippen LogP contribution in [0.2, 0.25) is 0 Å². The third-order valence-corrected chi connectivity index (χ3v) is 5.74. The summed E-state index contributed by atoms with van der Waals surface area (Å²) in [5, 5.41) is 14.4. The molecule has 0 bridgehead atoms. The van der Waals surface area contributed by atoms with E-state index < -0.39 is 12.6 Å². The molecule has 6 rings (SSSR count). The van der Waals surface area contributed by atoms with Gasteiger partial charge in [-0.25, -0.2) is 9.78 Å². The minimum Gasteiger partial charge on any atom is -0.478 e. The molecule has 1 saturated carbocycles. The first-order valence-electron chi connectivity index (χ1n) is 10.7. The van der Waals surface area contributed by atoms with E-state index in [0.29, 0.717) is 33.5 Å². The first kappa shape index (κ1) is 21.1. The van der Waals surface area contributed by atoms with E-state index in [1.54, 1.807) is 22.9 Å². The maximum Gasteiger partial charge on any atom is 0.387 e. The van der Waals surface area contributed by atoms with E-state index in [-0.39, 0.29) is 35.8 Å². The van der Waals surface area contributed by atoms with Crippen LogP contribution in [-0.2, 0) is 0 Å². The Labute approximate surface area is 196 Å². The molecule has 1 aliphatic heterocycles. The van der Waals surface area contributed by atoms with E-state index in [2.05, 4.69) is 10.1 Å². The molecule has 4 aromatic rings. The lowest BCUT2D eigenvalue weighted by atomic mass is 10.0. The summed E-state index contributed by atoms with van der Waals surface area (Å²) in [5.74, 6) is -0.0313. The first-order valence-corrected chi connectivity index (χ1v) is 10.7. The Morgan fingerprint density at radius 1 is 1.14 bits per heavy atom. The highest BCUT2D eigenvalue weighted by Crippen LogP contribution is 2.47. The lowest BCUT2D eigenvalue weighted by molar-refractivity contribution is -0.0489. The number of hydrogen-bond acceptors (Lipinski definition) is 7. The van der Waals surface area contributed by atoms with Gasteiger partial charge in [0.1, 0.15) is 5.52 Å². The molecule has 2 aliphatic rings. The van der Waals surface area contributed by atoms with E-state index in [4.69, 9.17) is 18.9 Å². The molecule has 0 amide bonds. The minimum atomic E-state index is -2.98. The van der Waals surface area contributed by atoms with E-state index in [1.165, 1.54) is 24.4 Å². The van der Waals surface area contributed by atoms with Crippen molar-refractivity contribution < 1.29 is 37.6 Å². The van der Waals surface area contributed by atoms with Crippen LogP contribution in [0.3, 0.4) is 0 Å². The van der Waals surface area contributed by atoms with Crippen molar-refractivity contribution in [1.29, 1.82) is 0 Å². The molecule has 1 aliphatic carbocycles. The van der Waals surface area contributed by atoms with Crippen LogP contribution < -0.4 is 18.9 Å². The average Bonchev–Trinajstić information content (AvgIpc) is 3.39. The molecule has 0 spiro atoms. The number of aromatic nitrogens is 3. The van der Waals surface area contributed by atoms with Gasteiger partial charge in [0.05, 0.1) is 11.6 Å². The van der Waals surface area contributed by atoms with Gasteiger partial charge in [-0.2, -0.15) is 13.9 Å². The van der Waals surface area contributed by atoms with Gasteiger partial charge in [0, 0.05) is 23.8 Å². The second kappa shape index (κ2) is 8.12. The predicted octanol–water partition coefficient (Wildman–Crippen LogP) is 5.25. The number of alkyl halides is 2. The summed E-state index contributed by atoms with van der Waals surface area (Å²) in [6, 6.07) is 9.46. The third-order valence-electron chi connectivity index (χ3n) is 5.74. The average molecular weight is 481 g/mol. The molecule has 1 fully saturated rings. The van der Waals surface area contributed by atoms with Gasteiger partial charge in [-0.3, -0.25) is 4.68 Å². The number of nitrogens with zero attached hydrogens (tertiary/aromatic N) is 3. The Morgan fingerprint density at radius 3 is 2.77 bits per heavy atom. The Balaban J connectivity index is 1.46. The highest BCUT2D eigenvalue weighted by atomic mass is 19.3. The summed E-state index contributed by atoms with van der Waals surface area (Å²) in [5.41, 5.74) is 1.70. The van der Waals surface area contributed by atoms with Crippen LogP contribution in [0.5, 0.6) is 28.9 Å². The van der Waals surface area contributed by atoms with Crippen molar-refractivity contribution in [2.24, 2.45) is 0 Å². The summed E-state index contributed by atoms with van der Waals surface area (Å²) in [4.78, 5) is 15.4. The molecule has 2 aromatic heterocycles. The third kappa shape index (κ3) is 3.94. The fourth-order valence-electron chi connectivity index (χ4n) is 3.99. The number of carboxylic acids is 1. The minimum absolute atomic E-state index is 0.00921. The van der Waals surface area contributed by atoms with E-state index >= 15 is 0 Å². The van der Waals surface area contributed by atoms with Crippen LogP contribution in [0.25, 0.3) is 22.0 Å². The number of ether oxygens (including phenoxy) is 4. The molecule has 2 aromatic carbocycles.